The minimum Gasteiger partial charge on any atom is -0.381 e. The van der Waals surface area contributed by atoms with Crippen LogP contribution in [0, 0.1) is 19.3 Å². The van der Waals surface area contributed by atoms with E-state index < -0.39 is 48.2 Å². The van der Waals surface area contributed by atoms with Crippen LogP contribution < -0.4 is 18.9 Å². The van der Waals surface area contributed by atoms with E-state index in [0.29, 0.717) is 26.4 Å². The first-order valence-electron chi connectivity index (χ1n) is 24.6. The molecule has 0 saturated carbocycles. The molecule has 3 heterocycles. The van der Waals surface area contributed by atoms with Gasteiger partial charge in [-0.1, -0.05) is 141 Å². The van der Waals surface area contributed by atoms with Crippen molar-refractivity contribution in [1.82, 2.24) is 0 Å². The minimum atomic E-state index is -1.12. The van der Waals surface area contributed by atoms with Gasteiger partial charge in [0.05, 0.1) is 55.2 Å². The van der Waals surface area contributed by atoms with Gasteiger partial charge in [0.25, 0.3) is 0 Å². The van der Waals surface area contributed by atoms with E-state index in [-0.39, 0.29) is 44.3 Å². The molecule has 11 nitrogen and oxygen atoms in total. The first-order valence-corrected chi connectivity index (χ1v) is 26.2. The van der Waals surface area contributed by atoms with Crippen LogP contribution in [0.1, 0.15) is 82.6 Å². The molecule has 3 saturated heterocycles. The number of unbranched alkanes of at least 4 members (excludes halogenated alkanes) is 1. The van der Waals surface area contributed by atoms with Crippen molar-refractivity contribution < 1.29 is 71.0 Å². The topological polar surface area (TPSA) is 102 Å². The molecule has 0 amide bonds. The van der Waals surface area contributed by atoms with Crippen molar-refractivity contribution in [3.63, 3.8) is 0 Å². The number of benzene rings is 4. The molecule has 14 heteroatoms. The Hall–Kier alpha value is -2.70. The molecular formula is C58H77Br2LiO11. The van der Waals surface area contributed by atoms with E-state index in [9.17, 15) is 0 Å². The van der Waals surface area contributed by atoms with E-state index in [4.69, 9.17) is 58.5 Å². The van der Waals surface area contributed by atoms with Crippen LogP contribution in [0.5, 0.6) is 0 Å². The van der Waals surface area contributed by atoms with E-state index in [1.165, 1.54) is 19.3 Å². The van der Waals surface area contributed by atoms with Gasteiger partial charge < -0.3 is 59.0 Å². The van der Waals surface area contributed by atoms with Crippen molar-refractivity contribution in [2.24, 2.45) is 0 Å². The number of rotatable bonds is 22. The number of hydrogen-bond acceptors (Lipinski definition) is 11. The summed E-state index contributed by atoms with van der Waals surface area (Å²) in [4.78, 5) is 0. The van der Waals surface area contributed by atoms with Crippen molar-refractivity contribution in [3.05, 3.63) is 160 Å². The Bertz CT molecular complexity index is 2050. The van der Waals surface area contributed by atoms with Crippen LogP contribution in [-0.2, 0) is 78.5 Å². The summed E-state index contributed by atoms with van der Waals surface area (Å²) in [5, 5.41) is 0. The third kappa shape index (κ3) is 21.5. The molecule has 0 N–H and O–H groups in total. The zero-order valence-electron chi connectivity index (χ0n) is 43.8. The van der Waals surface area contributed by atoms with Gasteiger partial charge in [-0.15, -0.1) is 6.42 Å². The fourth-order valence-corrected chi connectivity index (χ4v) is 8.54. The SMILES string of the molecule is C#CC1(COCc2ccccc2)OC(OC(C)C)[C@@H](OC)[C@@H]1OCc1ccccc1.C1CCOC1.CO[C@@H]1C(OC(C)C)OC(C=C(Br)Br)(COCc2ccccc2)[C@H]1OCc1ccccc1.[CH2-]CCC.[Li+]. The second kappa shape index (κ2) is 35.5. The largest absolute Gasteiger partial charge is 1.00 e. The van der Waals surface area contributed by atoms with Crippen LogP contribution in [0.3, 0.4) is 0 Å². The molecule has 390 valence electrons. The molecule has 0 spiro atoms. The summed E-state index contributed by atoms with van der Waals surface area (Å²) in [5.74, 6) is 2.79. The van der Waals surface area contributed by atoms with Gasteiger partial charge in [-0.05, 0) is 101 Å². The Morgan fingerprint density at radius 2 is 1.04 bits per heavy atom. The molecule has 7 rings (SSSR count). The number of ether oxygens (including phenoxy) is 11. The van der Waals surface area contributed by atoms with Crippen molar-refractivity contribution in [2.45, 2.75) is 147 Å². The van der Waals surface area contributed by atoms with Gasteiger partial charge in [0.1, 0.15) is 30.0 Å². The summed E-state index contributed by atoms with van der Waals surface area (Å²) in [6.45, 7) is 17.6. The monoisotopic (exact) mass is 1110 g/mol. The van der Waals surface area contributed by atoms with Gasteiger partial charge in [-0.25, -0.2) is 0 Å². The maximum atomic E-state index is 6.48. The van der Waals surface area contributed by atoms with Crippen molar-refractivity contribution >= 4 is 31.9 Å². The van der Waals surface area contributed by atoms with Gasteiger partial charge in [0.15, 0.2) is 18.2 Å². The van der Waals surface area contributed by atoms with Gasteiger partial charge in [0, 0.05) is 27.4 Å². The molecule has 0 aliphatic carbocycles. The first-order chi connectivity index (χ1) is 34.4. The van der Waals surface area contributed by atoms with Crippen molar-refractivity contribution in [3.8, 4) is 12.3 Å². The van der Waals surface area contributed by atoms with Crippen LogP contribution in [0.4, 0.5) is 0 Å². The molecule has 4 unspecified atom stereocenters. The van der Waals surface area contributed by atoms with E-state index in [1.54, 1.807) is 14.2 Å². The van der Waals surface area contributed by atoms with E-state index in [2.05, 4.69) is 51.6 Å². The van der Waals surface area contributed by atoms with Crippen LogP contribution in [0.2, 0.25) is 0 Å². The molecule has 3 aliphatic rings. The van der Waals surface area contributed by atoms with Crippen molar-refractivity contribution in [2.75, 3.05) is 40.6 Å². The molecule has 3 aliphatic heterocycles. The molecular weight excluding hydrogens is 1040 g/mol. The van der Waals surface area contributed by atoms with Crippen molar-refractivity contribution in [1.29, 1.82) is 0 Å². The standard InChI is InChI=1S/C25H30Br2O5.C25H30O5.C4H8O.C4H9.Li/c1-18(2)31-24-22(28-3)23(30-16-20-12-8-5-9-13-20)25(32-24,14-21(26)27)17-29-15-19-10-6-4-7-11-19;1-5-25(18-27-16-20-12-8-6-9-13-20)23(28-17-21-14-10-7-11-15-21)22(26-4)24(30-25)29-19(2)3;1-2-4-5-3-1;1-3-4-2;/h4-14,18,22-24H,15-17H2,1-3H3;1,6-15,19,22-24H,16-18H2,2-4H3;1-4H2;1,3-4H2,2H3;/q;;;-1;+1/t2*22-,23-,24?,25?;;;/m00.../s1. The summed E-state index contributed by atoms with van der Waals surface area (Å²) in [6.07, 6.45) is 9.46. The van der Waals surface area contributed by atoms with Crippen LogP contribution in [-0.4, -0.2) is 101 Å². The maximum absolute atomic E-state index is 6.48. The molecule has 8 atom stereocenters. The number of hydrogen-bond donors (Lipinski definition) is 0. The van der Waals surface area contributed by atoms with E-state index >= 15 is 0 Å². The molecule has 3 fully saturated rings. The minimum absolute atomic E-state index is 0. The second-order valence-corrected chi connectivity index (χ2v) is 20.5. The Morgan fingerprint density at radius 3 is 1.40 bits per heavy atom. The fraction of sp³-hybridized carbons (Fsp3) is 0.500. The summed E-state index contributed by atoms with van der Waals surface area (Å²) in [5.41, 5.74) is 2.20. The zero-order valence-corrected chi connectivity index (χ0v) is 46.9. The normalized spacial score (nSPS) is 24.2. The Labute approximate surface area is 460 Å². The Balaban J connectivity index is 0.000000320. The Kier molecular flexibility index (Phi) is 31.4. The van der Waals surface area contributed by atoms with Gasteiger partial charge in [-0.3, -0.25) is 0 Å². The van der Waals surface area contributed by atoms with Crippen LogP contribution in [0.15, 0.2) is 131 Å². The molecule has 72 heavy (non-hydrogen) atoms. The third-order valence-corrected chi connectivity index (χ3v) is 11.7. The summed E-state index contributed by atoms with van der Waals surface area (Å²) >= 11 is 7.00. The molecule has 0 bridgehead atoms. The first kappa shape index (κ1) is 63.6. The quantitative estimate of drug-likeness (QED) is 0.0428. The summed E-state index contributed by atoms with van der Waals surface area (Å²) in [7, 11) is 3.26. The number of halogens is 2. The summed E-state index contributed by atoms with van der Waals surface area (Å²) < 4.78 is 66.7. The van der Waals surface area contributed by atoms with Gasteiger partial charge >= 0.3 is 18.9 Å². The molecule has 0 aromatic heterocycles. The number of terminal acetylenes is 1. The van der Waals surface area contributed by atoms with E-state index in [0.717, 1.165) is 45.3 Å². The average molecular weight is 1120 g/mol. The zero-order chi connectivity index (χ0) is 51.3. The van der Waals surface area contributed by atoms with Gasteiger partial charge in [0.2, 0.25) is 0 Å². The number of methoxy groups -OCH3 is 2. The molecule has 4 aromatic carbocycles. The maximum Gasteiger partial charge on any atom is 1.00 e. The fourth-order valence-electron chi connectivity index (χ4n) is 7.76. The third-order valence-electron chi connectivity index (χ3n) is 11.3. The molecule has 0 radical (unpaired) electrons. The van der Waals surface area contributed by atoms with E-state index in [1.807, 2.05) is 155 Å². The predicted octanol–water partition coefficient (Wildman–Crippen LogP) is 9.33. The second-order valence-electron chi connectivity index (χ2n) is 17.7. The predicted molar refractivity (Wildman–Crippen MR) is 287 cm³/mol. The van der Waals surface area contributed by atoms with Crippen LogP contribution >= 0.6 is 31.9 Å². The van der Waals surface area contributed by atoms with Crippen LogP contribution in [0.25, 0.3) is 0 Å². The Morgan fingerprint density at radius 1 is 0.653 bits per heavy atom. The molecule has 4 aromatic rings. The smallest absolute Gasteiger partial charge is 0.381 e. The average Bonchev–Trinajstić information content (AvgIpc) is 4.12. The van der Waals surface area contributed by atoms with Gasteiger partial charge in [-0.2, -0.15) is 6.42 Å². The summed E-state index contributed by atoms with van der Waals surface area (Å²) in [6, 6.07) is 39.9.